The van der Waals surface area contributed by atoms with E-state index in [0.29, 0.717) is 0 Å². The molecule has 1 aromatic heterocycles. The fourth-order valence-corrected chi connectivity index (χ4v) is 10.8. The van der Waals surface area contributed by atoms with Gasteiger partial charge in [-0.3, -0.25) is 0 Å². The van der Waals surface area contributed by atoms with Gasteiger partial charge in [-0.15, -0.1) is 11.3 Å². The number of anilines is 3. The minimum Gasteiger partial charge on any atom is -0.457 e. The van der Waals surface area contributed by atoms with Gasteiger partial charge in [0, 0.05) is 42.7 Å². The molecular weight excluding hydrogens is 699 g/mol. The molecule has 0 bridgehead atoms. The van der Waals surface area contributed by atoms with Crippen molar-refractivity contribution in [2.45, 2.75) is 5.41 Å². The summed E-state index contributed by atoms with van der Waals surface area (Å²) < 4.78 is 9.41. The van der Waals surface area contributed by atoms with Crippen LogP contribution in [0.3, 0.4) is 0 Å². The van der Waals surface area contributed by atoms with Crippen LogP contribution in [0, 0.1) is 0 Å². The highest BCUT2D eigenvalue weighted by Gasteiger charge is 2.52. The van der Waals surface area contributed by atoms with E-state index in [1.165, 1.54) is 69.9 Å². The minimum atomic E-state index is -0.619. The number of hydrogen-bond donors (Lipinski definition) is 0. The Bertz CT molecular complexity index is 3200. The van der Waals surface area contributed by atoms with Crippen molar-refractivity contribution >= 4 is 59.3 Å². The SMILES string of the molecule is c1ccc(-c2cccc(N(c3ccc4c(c3)C3(c5ccccc5Oc5ccc6ccccc6c53)c3ccccc3-4)c3cccc4sc5ccccc5c34)c2)cc1. The molecule has 1 aliphatic carbocycles. The molecule has 262 valence electrons. The number of nitrogens with zero attached hydrogens (tertiary/aromatic N) is 1. The first-order valence-electron chi connectivity index (χ1n) is 19.2. The van der Waals surface area contributed by atoms with Crippen LogP contribution in [0.15, 0.2) is 200 Å². The minimum absolute atomic E-state index is 0.619. The standard InChI is InChI=1S/C53H33NOS/c1-2-14-34(15-3-1)36-17-12-18-37(32-36)54(46-24-13-27-50-51(46)42-21-7-11-26-49(42)56-50)38-29-30-41-40-20-6-8-22-43(40)53(45(41)33-38)44-23-9-10-25-47(44)55-48-31-28-35-16-4-5-19-39(35)52(48)53/h1-33H. The number of benzene rings is 9. The van der Waals surface area contributed by atoms with Gasteiger partial charge in [-0.1, -0.05) is 146 Å². The van der Waals surface area contributed by atoms with Gasteiger partial charge in [0.25, 0.3) is 0 Å². The van der Waals surface area contributed by atoms with Crippen LogP contribution in [0.25, 0.3) is 53.2 Å². The first kappa shape index (κ1) is 31.4. The summed E-state index contributed by atoms with van der Waals surface area (Å²) >= 11 is 1.86. The van der Waals surface area contributed by atoms with E-state index in [1.807, 2.05) is 11.3 Å². The average Bonchev–Trinajstić information content (AvgIpc) is 3.78. The van der Waals surface area contributed by atoms with Crippen LogP contribution in [0.4, 0.5) is 17.1 Å². The van der Waals surface area contributed by atoms with Gasteiger partial charge in [0.15, 0.2) is 0 Å². The summed E-state index contributed by atoms with van der Waals surface area (Å²) in [5, 5.41) is 4.95. The van der Waals surface area contributed by atoms with Gasteiger partial charge in [0.2, 0.25) is 0 Å². The van der Waals surface area contributed by atoms with E-state index in [4.69, 9.17) is 4.74 Å². The molecular formula is C53H33NOS. The number of para-hydroxylation sites is 1. The van der Waals surface area contributed by atoms with Crippen LogP contribution in [-0.2, 0) is 5.41 Å². The molecule has 2 aliphatic rings. The lowest BCUT2D eigenvalue weighted by Crippen LogP contribution is -2.32. The van der Waals surface area contributed by atoms with Gasteiger partial charge in [0.1, 0.15) is 11.5 Å². The monoisotopic (exact) mass is 731 g/mol. The van der Waals surface area contributed by atoms with E-state index < -0.39 is 5.41 Å². The summed E-state index contributed by atoms with van der Waals surface area (Å²) in [7, 11) is 0. The highest BCUT2D eigenvalue weighted by atomic mass is 32.1. The Morgan fingerprint density at radius 1 is 0.429 bits per heavy atom. The van der Waals surface area contributed by atoms with Crippen molar-refractivity contribution in [1.82, 2.24) is 0 Å². The smallest absolute Gasteiger partial charge is 0.132 e. The Kier molecular flexibility index (Phi) is 6.75. The Morgan fingerprint density at radius 2 is 1.12 bits per heavy atom. The van der Waals surface area contributed by atoms with Gasteiger partial charge in [-0.2, -0.15) is 0 Å². The summed E-state index contributed by atoms with van der Waals surface area (Å²) in [5.41, 5.74) is 12.5. The Balaban J connectivity index is 1.19. The summed E-state index contributed by atoms with van der Waals surface area (Å²) in [6.07, 6.45) is 0. The molecule has 0 N–H and O–H groups in total. The van der Waals surface area contributed by atoms with E-state index in [1.54, 1.807) is 0 Å². The molecule has 12 rings (SSSR count). The predicted octanol–water partition coefficient (Wildman–Crippen LogP) is 14.8. The van der Waals surface area contributed by atoms with E-state index in [2.05, 4.69) is 205 Å². The van der Waals surface area contributed by atoms with Gasteiger partial charge < -0.3 is 9.64 Å². The third-order valence-corrected chi connectivity index (χ3v) is 13.0. The number of thiophene rings is 1. The number of rotatable bonds is 4. The molecule has 0 fully saturated rings. The van der Waals surface area contributed by atoms with Crippen molar-refractivity contribution < 1.29 is 4.74 Å². The first-order valence-corrected chi connectivity index (χ1v) is 20.0. The van der Waals surface area contributed by atoms with Crippen molar-refractivity contribution in [2.75, 3.05) is 4.90 Å². The van der Waals surface area contributed by atoms with Gasteiger partial charge in [-0.05, 0) is 98.8 Å². The third kappa shape index (κ3) is 4.38. The van der Waals surface area contributed by atoms with Crippen LogP contribution in [0.1, 0.15) is 22.3 Å². The lowest BCUT2D eigenvalue weighted by atomic mass is 9.65. The van der Waals surface area contributed by atoms with E-state index in [0.717, 1.165) is 34.1 Å². The fraction of sp³-hybridized carbons (Fsp3) is 0.0189. The summed E-state index contributed by atoms with van der Waals surface area (Å²) in [6.45, 7) is 0. The normalized spacial score (nSPS) is 15.0. The van der Waals surface area contributed by atoms with Gasteiger partial charge in [0.05, 0.1) is 11.1 Å². The second-order valence-electron chi connectivity index (χ2n) is 14.8. The molecule has 0 saturated carbocycles. The fourth-order valence-electron chi connectivity index (χ4n) is 9.63. The number of ether oxygens (including phenoxy) is 1. The molecule has 0 amide bonds. The van der Waals surface area contributed by atoms with Crippen LogP contribution < -0.4 is 9.64 Å². The van der Waals surface area contributed by atoms with Crippen LogP contribution >= 0.6 is 11.3 Å². The van der Waals surface area contributed by atoms with Crippen LogP contribution in [0.5, 0.6) is 11.5 Å². The number of hydrogen-bond acceptors (Lipinski definition) is 3. The molecule has 3 heteroatoms. The molecule has 0 saturated heterocycles. The van der Waals surface area contributed by atoms with Gasteiger partial charge in [-0.25, -0.2) is 0 Å². The zero-order valence-corrected chi connectivity index (χ0v) is 31.1. The maximum atomic E-state index is 6.84. The average molecular weight is 732 g/mol. The second kappa shape index (κ2) is 12.0. The van der Waals surface area contributed by atoms with E-state index in [9.17, 15) is 0 Å². The lowest BCUT2D eigenvalue weighted by molar-refractivity contribution is 0.438. The van der Waals surface area contributed by atoms with Crippen LogP contribution in [-0.4, -0.2) is 0 Å². The summed E-state index contributed by atoms with van der Waals surface area (Å²) in [4.78, 5) is 2.49. The summed E-state index contributed by atoms with van der Waals surface area (Å²) in [6, 6.07) is 73.2. The third-order valence-electron chi connectivity index (χ3n) is 11.9. The predicted molar refractivity (Wildman–Crippen MR) is 234 cm³/mol. The lowest BCUT2D eigenvalue weighted by Gasteiger charge is -2.40. The van der Waals surface area contributed by atoms with Crippen molar-refractivity contribution in [1.29, 1.82) is 0 Å². The molecule has 1 spiro atoms. The number of fused-ring (bicyclic) bond motifs is 14. The Labute approximate surface area is 329 Å². The molecule has 56 heavy (non-hydrogen) atoms. The highest BCUT2D eigenvalue weighted by Crippen LogP contribution is 2.64. The highest BCUT2D eigenvalue weighted by molar-refractivity contribution is 7.26. The molecule has 2 heterocycles. The maximum Gasteiger partial charge on any atom is 0.132 e. The van der Waals surface area contributed by atoms with E-state index >= 15 is 0 Å². The maximum absolute atomic E-state index is 6.84. The molecule has 2 nitrogen and oxygen atoms in total. The Hall–Kier alpha value is -6.94. The van der Waals surface area contributed by atoms with Crippen molar-refractivity contribution in [2.24, 2.45) is 0 Å². The zero-order valence-electron chi connectivity index (χ0n) is 30.3. The van der Waals surface area contributed by atoms with Crippen molar-refractivity contribution in [3.8, 4) is 33.8 Å². The molecule has 9 aromatic carbocycles. The van der Waals surface area contributed by atoms with Crippen molar-refractivity contribution in [3.05, 3.63) is 222 Å². The van der Waals surface area contributed by atoms with Crippen LogP contribution in [0.2, 0.25) is 0 Å². The first-order chi connectivity index (χ1) is 27.8. The van der Waals surface area contributed by atoms with Crippen molar-refractivity contribution in [3.63, 3.8) is 0 Å². The molecule has 10 aromatic rings. The van der Waals surface area contributed by atoms with Gasteiger partial charge >= 0.3 is 0 Å². The molecule has 1 atom stereocenters. The Morgan fingerprint density at radius 3 is 2.05 bits per heavy atom. The topological polar surface area (TPSA) is 12.5 Å². The zero-order chi connectivity index (χ0) is 36.8. The summed E-state index contributed by atoms with van der Waals surface area (Å²) in [5.74, 6) is 1.79. The molecule has 1 unspecified atom stereocenters. The quantitative estimate of drug-likeness (QED) is 0.179. The second-order valence-corrected chi connectivity index (χ2v) is 15.9. The largest absolute Gasteiger partial charge is 0.457 e. The van der Waals surface area contributed by atoms with E-state index in [-0.39, 0.29) is 0 Å². The molecule has 1 aliphatic heterocycles. The molecule has 0 radical (unpaired) electrons.